The summed E-state index contributed by atoms with van der Waals surface area (Å²) in [6.07, 6.45) is 5.29. The molecule has 2 fully saturated rings. The highest BCUT2D eigenvalue weighted by Gasteiger charge is 2.43. The molecule has 0 spiro atoms. The Morgan fingerprint density at radius 3 is 2.42 bits per heavy atom. The van der Waals surface area contributed by atoms with E-state index in [0.29, 0.717) is 31.2 Å². The zero-order valence-electron chi connectivity index (χ0n) is 12.4. The lowest BCUT2D eigenvalue weighted by Crippen LogP contribution is -2.55. The Morgan fingerprint density at radius 1 is 1.16 bits per heavy atom. The summed E-state index contributed by atoms with van der Waals surface area (Å²) in [5, 5.41) is 9.74. The van der Waals surface area contributed by atoms with E-state index in [1.807, 2.05) is 0 Å². The van der Waals surface area contributed by atoms with Crippen LogP contribution in [0, 0.1) is 5.41 Å². The maximum absolute atomic E-state index is 9.74. The minimum absolute atomic E-state index is 0.0677. The van der Waals surface area contributed by atoms with Crippen molar-refractivity contribution in [2.24, 2.45) is 5.41 Å². The molecule has 0 aromatic carbocycles. The van der Waals surface area contributed by atoms with E-state index in [-0.39, 0.29) is 18.3 Å². The van der Waals surface area contributed by atoms with Gasteiger partial charge in [-0.2, -0.15) is 0 Å². The van der Waals surface area contributed by atoms with Crippen molar-refractivity contribution >= 4 is 0 Å². The summed E-state index contributed by atoms with van der Waals surface area (Å²) >= 11 is 0. The minimum atomic E-state index is -0.373. The summed E-state index contributed by atoms with van der Waals surface area (Å²) in [5.74, 6) is 0. The van der Waals surface area contributed by atoms with Gasteiger partial charge in [-0.05, 0) is 31.1 Å². The van der Waals surface area contributed by atoms with Gasteiger partial charge in [0.25, 0.3) is 0 Å². The Balaban J connectivity index is 1.71. The predicted molar refractivity (Wildman–Crippen MR) is 73.1 cm³/mol. The smallest absolute Gasteiger partial charge is 0.110 e. The monoisotopic (exact) mass is 272 g/mol. The van der Waals surface area contributed by atoms with Gasteiger partial charge in [0.15, 0.2) is 0 Å². The highest BCUT2D eigenvalue weighted by molar-refractivity contribution is 4.93. The maximum atomic E-state index is 9.74. The van der Waals surface area contributed by atoms with Crippen molar-refractivity contribution in [3.63, 3.8) is 0 Å². The molecule has 0 bridgehead atoms. The first-order valence-electron chi connectivity index (χ1n) is 7.46. The van der Waals surface area contributed by atoms with Gasteiger partial charge in [-0.15, -0.1) is 0 Å². The van der Waals surface area contributed by atoms with Crippen molar-refractivity contribution in [1.29, 1.82) is 0 Å². The highest BCUT2D eigenvalue weighted by Crippen LogP contribution is 2.38. The predicted octanol–water partition coefficient (Wildman–Crippen LogP) is 2.14. The van der Waals surface area contributed by atoms with E-state index < -0.39 is 0 Å². The topological polar surface area (TPSA) is 47.9 Å². The van der Waals surface area contributed by atoms with Crippen LogP contribution in [-0.4, -0.2) is 49.8 Å². The molecule has 0 amide bonds. The van der Waals surface area contributed by atoms with Crippen LogP contribution in [-0.2, 0) is 14.2 Å². The molecule has 2 rings (SSSR count). The van der Waals surface area contributed by atoms with Gasteiger partial charge in [0.1, 0.15) is 6.10 Å². The summed E-state index contributed by atoms with van der Waals surface area (Å²) < 4.78 is 16.7. The van der Waals surface area contributed by atoms with Crippen LogP contribution in [0.1, 0.15) is 46.0 Å². The molecule has 0 aliphatic heterocycles. The van der Waals surface area contributed by atoms with E-state index >= 15 is 0 Å². The molecule has 19 heavy (non-hydrogen) atoms. The Labute approximate surface area is 116 Å². The molecule has 0 heterocycles. The molecule has 3 atom stereocenters. The quantitative estimate of drug-likeness (QED) is 0.753. The number of aliphatic hydroxyl groups is 1. The third kappa shape index (κ3) is 4.15. The molecular weight excluding hydrogens is 244 g/mol. The first-order valence-corrected chi connectivity index (χ1v) is 7.46. The van der Waals surface area contributed by atoms with Crippen LogP contribution in [0.4, 0.5) is 0 Å². The molecular formula is C15H28O4. The van der Waals surface area contributed by atoms with Gasteiger partial charge in [0.05, 0.1) is 31.5 Å². The molecule has 1 N–H and O–H groups in total. The van der Waals surface area contributed by atoms with Crippen LogP contribution >= 0.6 is 0 Å². The van der Waals surface area contributed by atoms with Crippen molar-refractivity contribution < 1.29 is 19.3 Å². The fraction of sp³-hybridized carbons (Fsp3) is 1.00. The van der Waals surface area contributed by atoms with E-state index in [4.69, 9.17) is 14.2 Å². The van der Waals surface area contributed by atoms with Gasteiger partial charge in [0.2, 0.25) is 0 Å². The maximum Gasteiger partial charge on any atom is 0.110 e. The number of methoxy groups -OCH3 is 1. The van der Waals surface area contributed by atoms with Gasteiger partial charge in [-0.25, -0.2) is 0 Å². The second-order valence-electron chi connectivity index (χ2n) is 6.67. The number of ether oxygens (including phenoxy) is 3. The Hall–Kier alpha value is -0.160. The highest BCUT2D eigenvalue weighted by atomic mass is 16.6. The standard InChI is InChI=1S/C15H28O4/c1-15(2)6-4-11(5-7-15)19-13-10-12(16)14(13)18-9-8-17-3/h11-14,16H,4-10H2,1-3H3. The number of hydrogen-bond acceptors (Lipinski definition) is 4. The van der Waals surface area contributed by atoms with Crippen LogP contribution in [0.15, 0.2) is 0 Å². The Morgan fingerprint density at radius 2 is 1.84 bits per heavy atom. The molecule has 0 aromatic rings. The molecule has 4 nitrogen and oxygen atoms in total. The SMILES string of the molecule is COCCOC1C(O)CC1OC1CCC(C)(C)CC1. The lowest BCUT2D eigenvalue weighted by atomic mass is 9.76. The fourth-order valence-corrected chi connectivity index (χ4v) is 2.93. The van der Waals surface area contributed by atoms with E-state index in [1.165, 1.54) is 12.8 Å². The van der Waals surface area contributed by atoms with Crippen LogP contribution < -0.4 is 0 Å². The van der Waals surface area contributed by atoms with Gasteiger partial charge in [0, 0.05) is 13.5 Å². The second-order valence-corrected chi connectivity index (χ2v) is 6.67. The van der Waals surface area contributed by atoms with Crippen LogP contribution in [0.3, 0.4) is 0 Å². The van der Waals surface area contributed by atoms with E-state index in [1.54, 1.807) is 7.11 Å². The minimum Gasteiger partial charge on any atom is -0.390 e. The zero-order chi connectivity index (χ0) is 13.9. The summed E-state index contributed by atoms with van der Waals surface area (Å²) in [6, 6.07) is 0. The molecule has 2 saturated carbocycles. The molecule has 2 aliphatic carbocycles. The van der Waals surface area contributed by atoms with Crippen molar-refractivity contribution in [1.82, 2.24) is 0 Å². The summed E-state index contributed by atoms with van der Waals surface area (Å²) in [5.41, 5.74) is 0.466. The average Bonchev–Trinajstić information content (AvgIpc) is 2.36. The lowest BCUT2D eigenvalue weighted by molar-refractivity contribution is -0.214. The number of hydrogen-bond donors (Lipinski definition) is 1. The van der Waals surface area contributed by atoms with E-state index in [0.717, 1.165) is 12.8 Å². The normalized spacial score (nSPS) is 35.1. The van der Waals surface area contributed by atoms with Crippen LogP contribution in [0.5, 0.6) is 0 Å². The van der Waals surface area contributed by atoms with Crippen LogP contribution in [0.2, 0.25) is 0 Å². The molecule has 0 aromatic heterocycles. The van der Waals surface area contributed by atoms with Crippen molar-refractivity contribution in [3.05, 3.63) is 0 Å². The summed E-state index contributed by atoms with van der Waals surface area (Å²) in [4.78, 5) is 0. The summed E-state index contributed by atoms with van der Waals surface area (Å²) in [7, 11) is 1.65. The summed E-state index contributed by atoms with van der Waals surface area (Å²) in [6.45, 7) is 5.74. The third-order valence-corrected chi connectivity index (χ3v) is 4.47. The first kappa shape index (κ1) is 15.2. The molecule has 112 valence electrons. The van der Waals surface area contributed by atoms with E-state index in [2.05, 4.69) is 13.8 Å². The molecule has 4 heteroatoms. The fourth-order valence-electron chi connectivity index (χ4n) is 2.93. The Kier molecular flexibility index (Phi) is 5.23. The average molecular weight is 272 g/mol. The third-order valence-electron chi connectivity index (χ3n) is 4.47. The Bertz CT molecular complexity index is 269. The number of aliphatic hydroxyl groups excluding tert-OH is 1. The molecule has 3 unspecified atom stereocenters. The second kappa shape index (κ2) is 6.53. The van der Waals surface area contributed by atoms with Crippen molar-refractivity contribution in [3.8, 4) is 0 Å². The van der Waals surface area contributed by atoms with Crippen molar-refractivity contribution in [2.75, 3.05) is 20.3 Å². The number of rotatable bonds is 6. The molecule has 0 radical (unpaired) electrons. The molecule has 0 saturated heterocycles. The van der Waals surface area contributed by atoms with Gasteiger partial charge in [-0.3, -0.25) is 0 Å². The largest absolute Gasteiger partial charge is 0.390 e. The van der Waals surface area contributed by atoms with Gasteiger partial charge in [-0.1, -0.05) is 13.8 Å². The van der Waals surface area contributed by atoms with Gasteiger partial charge >= 0.3 is 0 Å². The first-order chi connectivity index (χ1) is 9.02. The van der Waals surface area contributed by atoms with Crippen molar-refractivity contribution in [2.45, 2.75) is 70.4 Å². The van der Waals surface area contributed by atoms with Gasteiger partial charge < -0.3 is 19.3 Å². The zero-order valence-corrected chi connectivity index (χ0v) is 12.4. The lowest BCUT2D eigenvalue weighted by Gasteiger charge is -2.44. The van der Waals surface area contributed by atoms with E-state index in [9.17, 15) is 5.11 Å². The molecule has 2 aliphatic rings. The van der Waals surface area contributed by atoms with Crippen LogP contribution in [0.25, 0.3) is 0 Å².